The van der Waals surface area contributed by atoms with E-state index in [1.165, 1.54) is 0 Å². The van der Waals surface area contributed by atoms with Crippen LogP contribution in [0.3, 0.4) is 0 Å². The number of nitrogens with one attached hydrogen (secondary N) is 1. The monoisotopic (exact) mass is 448 g/mol. The molecule has 0 aliphatic carbocycles. The van der Waals surface area contributed by atoms with Crippen molar-refractivity contribution in [2.24, 2.45) is 5.73 Å². The van der Waals surface area contributed by atoms with Gasteiger partial charge in [0.2, 0.25) is 0 Å². The lowest BCUT2D eigenvalue weighted by molar-refractivity contribution is -0.140. The molecule has 0 bridgehead atoms. The molecule has 0 fully saturated rings. The summed E-state index contributed by atoms with van der Waals surface area (Å²) in [5.41, 5.74) is 6.50. The van der Waals surface area contributed by atoms with E-state index < -0.39 is 17.9 Å². The van der Waals surface area contributed by atoms with Gasteiger partial charge < -0.3 is 11.1 Å². The van der Waals surface area contributed by atoms with Crippen LogP contribution in [0.25, 0.3) is 21.2 Å². The van der Waals surface area contributed by atoms with Crippen LogP contribution >= 0.6 is 22.9 Å². The quantitative estimate of drug-likeness (QED) is 0.385. The minimum atomic E-state index is -4.57. The molecule has 2 heterocycles. The van der Waals surface area contributed by atoms with E-state index in [-0.39, 0.29) is 16.6 Å². The molecule has 0 amide bonds. The highest BCUT2D eigenvalue weighted by Crippen LogP contribution is 2.42. The molecule has 154 valence electrons. The van der Waals surface area contributed by atoms with Crippen LogP contribution in [0, 0.1) is 0 Å². The lowest BCUT2D eigenvalue weighted by Crippen LogP contribution is -2.20. The summed E-state index contributed by atoms with van der Waals surface area (Å²) >= 11 is 6.83. The zero-order valence-corrected chi connectivity index (χ0v) is 17.0. The average molecular weight is 449 g/mol. The Morgan fingerprint density at radius 3 is 2.57 bits per heavy atom. The normalized spacial score (nSPS) is 12.8. The van der Waals surface area contributed by atoms with Gasteiger partial charge in [-0.25, -0.2) is 4.98 Å². The van der Waals surface area contributed by atoms with Crippen molar-refractivity contribution < 1.29 is 13.2 Å². The van der Waals surface area contributed by atoms with E-state index in [1.54, 1.807) is 60.9 Å². The number of thiazole rings is 1. The lowest BCUT2D eigenvalue weighted by Gasteiger charge is -2.12. The van der Waals surface area contributed by atoms with Gasteiger partial charge in [0.15, 0.2) is 10.8 Å². The Balaban J connectivity index is 1.62. The average Bonchev–Trinajstić information content (AvgIpc) is 3.17. The van der Waals surface area contributed by atoms with Crippen molar-refractivity contribution in [1.82, 2.24) is 9.97 Å². The molecule has 9 heteroatoms. The summed E-state index contributed by atoms with van der Waals surface area (Å²) in [4.78, 5) is 7.90. The number of pyridine rings is 1. The van der Waals surface area contributed by atoms with Gasteiger partial charge in [0.05, 0.1) is 4.88 Å². The van der Waals surface area contributed by atoms with Gasteiger partial charge in [-0.3, -0.25) is 4.98 Å². The molecule has 0 saturated heterocycles. The number of nitrogens with two attached hydrogens (primary N) is 1. The molecule has 2 aromatic carbocycles. The fraction of sp³-hybridized carbons (Fsp3) is 0.143. The number of aromatic nitrogens is 2. The van der Waals surface area contributed by atoms with Gasteiger partial charge in [0, 0.05) is 35.4 Å². The van der Waals surface area contributed by atoms with Crippen molar-refractivity contribution in [3.05, 3.63) is 77.2 Å². The molecule has 1 atom stereocenters. The highest BCUT2D eigenvalue weighted by Gasteiger charge is 2.38. The van der Waals surface area contributed by atoms with Crippen molar-refractivity contribution in [3.8, 4) is 10.4 Å². The van der Waals surface area contributed by atoms with Crippen LogP contribution in [0.15, 0.2) is 60.9 Å². The Hall–Kier alpha value is -2.68. The Morgan fingerprint density at radius 2 is 1.83 bits per heavy atom. The summed E-state index contributed by atoms with van der Waals surface area (Å²) < 4.78 is 40.9. The Kier molecular flexibility index (Phi) is 5.64. The predicted octanol–water partition coefficient (Wildman–Crippen LogP) is 6.14. The first-order valence-electron chi connectivity index (χ1n) is 8.98. The fourth-order valence-corrected chi connectivity index (χ4v) is 4.15. The molecule has 2 aromatic heterocycles. The number of rotatable bonds is 5. The van der Waals surface area contributed by atoms with Gasteiger partial charge in [0.25, 0.3) is 0 Å². The Morgan fingerprint density at radius 1 is 1.07 bits per heavy atom. The SMILES string of the molecule is NC(CNc1nc(C(F)(F)F)c(-c2ccc3cnccc3c2)s1)c1ccc(Cl)cc1. The van der Waals surface area contributed by atoms with Crippen LogP contribution in [0.1, 0.15) is 17.3 Å². The second-order valence-corrected chi connectivity index (χ2v) is 8.11. The van der Waals surface area contributed by atoms with Gasteiger partial charge in [-0.15, -0.1) is 0 Å². The summed E-state index contributed by atoms with van der Waals surface area (Å²) in [6.07, 6.45) is -1.30. The molecule has 0 aliphatic heterocycles. The summed E-state index contributed by atoms with van der Waals surface area (Å²) in [6.45, 7) is 0.231. The highest BCUT2D eigenvalue weighted by atomic mass is 35.5. The summed E-state index contributed by atoms with van der Waals surface area (Å²) in [7, 11) is 0. The maximum absolute atomic E-state index is 13.6. The minimum absolute atomic E-state index is 0.0591. The van der Waals surface area contributed by atoms with Crippen LogP contribution in [0.4, 0.5) is 18.3 Å². The molecule has 30 heavy (non-hydrogen) atoms. The molecule has 4 rings (SSSR count). The number of fused-ring (bicyclic) bond motifs is 1. The Bertz CT molecular complexity index is 1180. The molecule has 4 nitrogen and oxygen atoms in total. The molecule has 0 saturated carbocycles. The largest absolute Gasteiger partial charge is 0.434 e. The summed E-state index contributed by atoms with van der Waals surface area (Å²) in [5.74, 6) is 0. The van der Waals surface area contributed by atoms with Crippen molar-refractivity contribution in [1.29, 1.82) is 0 Å². The van der Waals surface area contributed by atoms with E-state index in [1.807, 2.05) is 0 Å². The molecule has 4 aromatic rings. The van der Waals surface area contributed by atoms with E-state index in [4.69, 9.17) is 17.3 Å². The van der Waals surface area contributed by atoms with Crippen LogP contribution in [0.2, 0.25) is 5.02 Å². The van der Waals surface area contributed by atoms with Crippen LogP contribution in [0.5, 0.6) is 0 Å². The van der Waals surface area contributed by atoms with Crippen molar-refractivity contribution >= 4 is 38.8 Å². The molecule has 1 unspecified atom stereocenters. The van der Waals surface area contributed by atoms with Gasteiger partial charge in [-0.1, -0.05) is 47.2 Å². The first-order valence-corrected chi connectivity index (χ1v) is 10.2. The number of halogens is 4. The molecule has 0 radical (unpaired) electrons. The van der Waals surface area contributed by atoms with E-state index in [9.17, 15) is 13.2 Å². The standard InChI is InChI=1S/C21H16ClF3N4S/c22-16-5-3-12(4-6-16)17(26)11-28-20-29-19(21(23,24)25)18(30-20)14-1-2-15-10-27-8-7-13(15)9-14/h1-10,17H,11,26H2,(H,28,29). The molecule has 0 spiro atoms. The smallest absolute Gasteiger partial charge is 0.360 e. The van der Waals surface area contributed by atoms with E-state index >= 15 is 0 Å². The molecular formula is C21H16ClF3N4S. The number of alkyl halides is 3. The second-order valence-electron chi connectivity index (χ2n) is 6.67. The van der Waals surface area contributed by atoms with Crippen LogP contribution < -0.4 is 11.1 Å². The number of benzene rings is 2. The highest BCUT2D eigenvalue weighted by molar-refractivity contribution is 7.19. The van der Waals surface area contributed by atoms with Crippen molar-refractivity contribution in [3.63, 3.8) is 0 Å². The van der Waals surface area contributed by atoms with E-state index in [0.717, 1.165) is 27.7 Å². The van der Waals surface area contributed by atoms with Crippen LogP contribution in [-0.4, -0.2) is 16.5 Å². The molecular weight excluding hydrogens is 433 g/mol. The second kappa shape index (κ2) is 8.22. The van der Waals surface area contributed by atoms with Crippen molar-refractivity contribution in [2.75, 3.05) is 11.9 Å². The van der Waals surface area contributed by atoms with Gasteiger partial charge in [0.1, 0.15) is 0 Å². The maximum Gasteiger partial charge on any atom is 0.434 e. The third-order valence-corrected chi connectivity index (χ3v) is 5.88. The third-order valence-electron chi connectivity index (χ3n) is 4.57. The number of nitrogens with zero attached hydrogens (tertiary/aromatic N) is 2. The van der Waals surface area contributed by atoms with Gasteiger partial charge in [-0.05, 0) is 40.8 Å². The summed E-state index contributed by atoms with van der Waals surface area (Å²) in [6, 6.07) is 13.5. The van der Waals surface area contributed by atoms with Gasteiger partial charge >= 0.3 is 6.18 Å². The first kappa shape index (κ1) is 20.6. The number of anilines is 1. The van der Waals surface area contributed by atoms with Gasteiger partial charge in [-0.2, -0.15) is 13.2 Å². The minimum Gasteiger partial charge on any atom is -0.360 e. The van der Waals surface area contributed by atoms with Crippen LogP contribution in [-0.2, 0) is 6.18 Å². The van der Waals surface area contributed by atoms with E-state index in [2.05, 4.69) is 15.3 Å². The van der Waals surface area contributed by atoms with Crippen molar-refractivity contribution in [2.45, 2.75) is 12.2 Å². The first-order chi connectivity index (χ1) is 14.3. The zero-order valence-electron chi connectivity index (χ0n) is 15.4. The lowest BCUT2D eigenvalue weighted by atomic mass is 10.1. The summed E-state index contributed by atoms with van der Waals surface area (Å²) in [5, 5.41) is 5.35. The topological polar surface area (TPSA) is 63.8 Å². The number of hydrogen-bond donors (Lipinski definition) is 2. The number of hydrogen-bond acceptors (Lipinski definition) is 5. The Labute approximate surface area is 179 Å². The molecule has 3 N–H and O–H groups in total. The van der Waals surface area contributed by atoms with E-state index in [0.29, 0.717) is 10.6 Å². The fourth-order valence-electron chi connectivity index (χ4n) is 3.03. The molecule has 0 aliphatic rings. The maximum atomic E-state index is 13.6. The zero-order chi connectivity index (χ0) is 21.3. The third kappa shape index (κ3) is 4.40. The predicted molar refractivity (Wildman–Crippen MR) is 115 cm³/mol.